The molecule has 0 bridgehead atoms. The number of hydrogen-bond donors (Lipinski definition) is 2. The number of nitrogens with zero attached hydrogens (tertiary/aromatic N) is 2. The summed E-state index contributed by atoms with van der Waals surface area (Å²) in [5, 5.41) is 18.9. The Morgan fingerprint density at radius 3 is 3.00 bits per heavy atom. The maximum atomic E-state index is 11.0. The molecule has 1 aromatic heterocycles. The van der Waals surface area contributed by atoms with Crippen LogP contribution in [0.5, 0.6) is 0 Å². The van der Waals surface area contributed by atoms with E-state index in [0.29, 0.717) is 12.1 Å². The molecule has 16 heavy (non-hydrogen) atoms. The highest BCUT2D eigenvalue weighted by atomic mass is 16.4. The zero-order valence-electron chi connectivity index (χ0n) is 9.31. The lowest BCUT2D eigenvalue weighted by Gasteiger charge is -2.21. The van der Waals surface area contributed by atoms with Crippen molar-refractivity contribution in [3.05, 3.63) is 17.2 Å². The normalized spacial score (nSPS) is 19.5. The predicted octanol–water partition coefficient (Wildman–Crippen LogP) is 1.36. The van der Waals surface area contributed by atoms with Gasteiger partial charge in [0.1, 0.15) is 5.82 Å². The number of fused-ring (bicyclic) bond motifs is 1. The van der Waals surface area contributed by atoms with Crippen LogP contribution in [0.15, 0.2) is 0 Å². The molecule has 0 spiro atoms. The number of aliphatic hydroxyl groups excluding tert-OH is 1. The van der Waals surface area contributed by atoms with E-state index in [-0.39, 0.29) is 5.69 Å². The van der Waals surface area contributed by atoms with E-state index in [1.807, 2.05) is 11.5 Å². The van der Waals surface area contributed by atoms with Crippen molar-refractivity contribution in [1.82, 2.24) is 9.55 Å². The third kappa shape index (κ3) is 1.71. The van der Waals surface area contributed by atoms with Crippen LogP contribution >= 0.6 is 0 Å². The molecule has 0 saturated carbocycles. The fourth-order valence-corrected chi connectivity index (χ4v) is 2.25. The second-order valence-electron chi connectivity index (χ2n) is 4.13. The lowest BCUT2D eigenvalue weighted by molar-refractivity contribution is 0.0677. The minimum absolute atomic E-state index is 0.0238. The van der Waals surface area contributed by atoms with Crippen molar-refractivity contribution < 1.29 is 15.0 Å². The summed E-state index contributed by atoms with van der Waals surface area (Å²) in [4.78, 5) is 15.2. The summed E-state index contributed by atoms with van der Waals surface area (Å²) in [7, 11) is 0. The van der Waals surface area contributed by atoms with Crippen molar-refractivity contribution in [2.45, 2.75) is 45.3 Å². The third-order valence-electron chi connectivity index (χ3n) is 2.94. The maximum Gasteiger partial charge on any atom is 0.356 e. The van der Waals surface area contributed by atoms with Crippen LogP contribution in [-0.2, 0) is 13.0 Å². The number of hydrogen-bond acceptors (Lipinski definition) is 3. The molecule has 0 amide bonds. The zero-order chi connectivity index (χ0) is 11.7. The average Bonchev–Trinajstić information content (AvgIpc) is 2.60. The number of aromatic nitrogens is 2. The Balaban J connectivity index is 2.51. The highest BCUT2D eigenvalue weighted by Gasteiger charge is 2.29. The average molecular weight is 224 g/mol. The molecule has 0 aromatic carbocycles. The smallest absolute Gasteiger partial charge is 0.356 e. The summed E-state index contributed by atoms with van der Waals surface area (Å²) in [6.07, 6.45) is 2.49. The van der Waals surface area contributed by atoms with Crippen LogP contribution in [0.3, 0.4) is 0 Å². The topological polar surface area (TPSA) is 75.3 Å². The molecule has 2 N–H and O–H groups in total. The number of carboxylic acid groups (broad SMARTS) is 1. The Labute approximate surface area is 93.7 Å². The van der Waals surface area contributed by atoms with Gasteiger partial charge in [-0.25, -0.2) is 9.78 Å². The zero-order valence-corrected chi connectivity index (χ0v) is 9.31. The fraction of sp³-hybridized carbons (Fsp3) is 0.636. The van der Waals surface area contributed by atoms with Gasteiger partial charge >= 0.3 is 5.97 Å². The second kappa shape index (κ2) is 4.25. The molecule has 5 nitrogen and oxygen atoms in total. The highest BCUT2D eigenvalue weighted by molar-refractivity contribution is 5.87. The largest absolute Gasteiger partial charge is 0.476 e. The van der Waals surface area contributed by atoms with Gasteiger partial charge in [0, 0.05) is 13.0 Å². The number of rotatable bonds is 3. The lowest BCUT2D eigenvalue weighted by atomic mass is 10.0. The molecular weight excluding hydrogens is 208 g/mol. The van der Waals surface area contributed by atoms with Crippen LogP contribution in [-0.4, -0.2) is 25.7 Å². The molecule has 0 radical (unpaired) electrons. The van der Waals surface area contributed by atoms with Gasteiger partial charge in [0.2, 0.25) is 0 Å². The van der Waals surface area contributed by atoms with Crippen molar-refractivity contribution >= 4 is 5.97 Å². The van der Waals surface area contributed by atoms with Gasteiger partial charge in [-0.05, 0) is 19.3 Å². The lowest BCUT2D eigenvalue weighted by Crippen LogP contribution is -2.18. The van der Waals surface area contributed by atoms with Crippen molar-refractivity contribution in [3.8, 4) is 0 Å². The molecule has 2 rings (SSSR count). The maximum absolute atomic E-state index is 11.0. The van der Waals surface area contributed by atoms with Crippen LogP contribution in [0.2, 0.25) is 0 Å². The third-order valence-corrected chi connectivity index (χ3v) is 2.94. The molecule has 0 fully saturated rings. The van der Waals surface area contributed by atoms with E-state index in [1.54, 1.807) is 0 Å². The summed E-state index contributed by atoms with van der Waals surface area (Å²) >= 11 is 0. The van der Waals surface area contributed by atoms with E-state index in [4.69, 9.17) is 5.11 Å². The van der Waals surface area contributed by atoms with Crippen molar-refractivity contribution in [1.29, 1.82) is 0 Å². The van der Waals surface area contributed by atoms with Gasteiger partial charge in [0.05, 0.1) is 11.8 Å². The molecule has 1 aliphatic heterocycles. The minimum atomic E-state index is -1.05. The first-order valence-corrected chi connectivity index (χ1v) is 5.65. The number of aromatic carboxylic acids is 1. The molecular formula is C11H16N2O3. The van der Waals surface area contributed by atoms with Crippen molar-refractivity contribution in [3.63, 3.8) is 0 Å². The van der Waals surface area contributed by atoms with Gasteiger partial charge in [0.25, 0.3) is 0 Å². The molecule has 88 valence electrons. The Kier molecular flexibility index (Phi) is 2.96. The Bertz CT molecular complexity index is 412. The number of carboxylic acids is 1. The summed E-state index contributed by atoms with van der Waals surface area (Å²) in [5.41, 5.74) is 0.512. The quantitative estimate of drug-likeness (QED) is 0.812. The van der Waals surface area contributed by atoms with E-state index >= 15 is 0 Å². The first-order chi connectivity index (χ1) is 7.65. The molecule has 1 atom stereocenters. The van der Waals surface area contributed by atoms with Crippen LogP contribution in [0.1, 0.15) is 54.3 Å². The van der Waals surface area contributed by atoms with Gasteiger partial charge in [-0.1, -0.05) is 6.92 Å². The second-order valence-corrected chi connectivity index (χ2v) is 4.13. The van der Waals surface area contributed by atoms with Crippen molar-refractivity contribution in [2.24, 2.45) is 0 Å². The Morgan fingerprint density at radius 1 is 1.62 bits per heavy atom. The summed E-state index contributed by atoms with van der Waals surface area (Å²) in [6.45, 7) is 2.79. The van der Waals surface area contributed by atoms with E-state index in [9.17, 15) is 9.90 Å². The molecule has 0 aliphatic carbocycles. The van der Waals surface area contributed by atoms with E-state index in [1.165, 1.54) is 0 Å². The molecule has 1 unspecified atom stereocenters. The Hall–Kier alpha value is -1.36. The molecule has 2 heterocycles. The van der Waals surface area contributed by atoms with Crippen molar-refractivity contribution in [2.75, 3.05) is 0 Å². The van der Waals surface area contributed by atoms with Gasteiger partial charge < -0.3 is 14.8 Å². The van der Waals surface area contributed by atoms with Gasteiger partial charge in [-0.15, -0.1) is 0 Å². The minimum Gasteiger partial charge on any atom is -0.476 e. The van der Waals surface area contributed by atoms with Crippen LogP contribution in [0.4, 0.5) is 0 Å². The standard InChI is InChI=1S/C11H16N2O3/c1-2-4-8-12-9(11(15)16)10-7(14)5-3-6-13(8)10/h7,14H,2-6H2,1H3,(H,15,16). The molecule has 0 saturated heterocycles. The van der Waals surface area contributed by atoms with Gasteiger partial charge in [0.15, 0.2) is 5.69 Å². The molecule has 5 heteroatoms. The molecule has 1 aromatic rings. The van der Waals surface area contributed by atoms with E-state index in [0.717, 1.165) is 31.6 Å². The first kappa shape index (κ1) is 11.1. The molecule has 1 aliphatic rings. The van der Waals surface area contributed by atoms with Crippen LogP contribution in [0.25, 0.3) is 0 Å². The number of aryl methyl sites for hydroxylation is 1. The van der Waals surface area contributed by atoms with E-state index < -0.39 is 12.1 Å². The van der Waals surface area contributed by atoms with E-state index in [2.05, 4.69) is 4.98 Å². The number of aliphatic hydroxyl groups is 1. The summed E-state index contributed by atoms with van der Waals surface area (Å²) in [5.74, 6) is -0.263. The first-order valence-electron chi connectivity index (χ1n) is 5.65. The predicted molar refractivity (Wildman–Crippen MR) is 57.4 cm³/mol. The SMILES string of the molecule is CCCc1nc(C(=O)O)c2n1CCCC2O. The number of carbonyl (C=O) groups is 1. The van der Waals surface area contributed by atoms with Crippen LogP contribution < -0.4 is 0 Å². The monoisotopic (exact) mass is 224 g/mol. The van der Waals surface area contributed by atoms with Gasteiger partial charge in [-0.2, -0.15) is 0 Å². The highest BCUT2D eigenvalue weighted by Crippen LogP contribution is 2.29. The Morgan fingerprint density at radius 2 is 2.38 bits per heavy atom. The van der Waals surface area contributed by atoms with Crippen LogP contribution in [0, 0.1) is 0 Å². The number of imidazole rings is 1. The fourth-order valence-electron chi connectivity index (χ4n) is 2.25. The summed E-state index contributed by atoms with van der Waals surface area (Å²) in [6, 6.07) is 0. The van der Waals surface area contributed by atoms with Gasteiger partial charge in [-0.3, -0.25) is 0 Å². The summed E-state index contributed by atoms with van der Waals surface area (Å²) < 4.78 is 1.88.